The highest BCUT2D eigenvalue weighted by Crippen LogP contribution is 2.17. The van der Waals surface area contributed by atoms with Crippen molar-refractivity contribution in [3.05, 3.63) is 77.0 Å². The fraction of sp³-hybridized carbons (Fsp3) is 0.227. The van der Waals surface area contributed by atoms with Gasteiger partial charge < -0.3 is 15.4 Å². The van der Waals surface area contributed by atoms with Gasteiger partial charge in [-0.3, -0.25) is 0 Å². The highest BCUT2D eigenvalue weighted by Gasteiger charge is 2.07. The molecule has 0 aliphatic heterocycles. The Hall–Kier alpha value is -3.41. The molecule has 3 rings (SSSR count). The molecule has 0 fully saturated rings. The predicted octanol–water partition coefficient (Wildman–Crippen LogP) is 4.63. The fourth-order valence-corrected chi connectivity index (χ4v) is 2.76. The van der Waals surface area contributed by atoms with Crippen LogP contribution in [0.1, 0.15) is 34.1 Å². The number of benzene rings is 2. The Morgan fingerprint density at radius 2 is 1.82 bits per heavy atom. The van der Waals surface area contributed by atoms with E-state index < -0.39 is 0 Å². The Morgan fingerprint density at radius 3 is 2.54 bits per heavy atom. The molecule has 0 bridgehead atoms. The number of rotatable bonds is 7. The van der Waals surface area contributed by atoms with E-state index in [0.717, 1.165) is 17.2 Å². The maximum atomic E-state index is 11.7. The van der Waals surface area contributed by atoms with Gasteiger partial charge in [0, 0.05) is 24.0 Å². The maximum absolute atomic E-state index is 11.7. The van der Waals surface area contributed by atoms with Crippen LogP contribution >= 0.6 is 0 Å². The summed E-state index contributed by atoms with van der Waals surface area (Å²) >= 11 is 0. The third-order valence-electron chi connectivity index (χ3n) is 4.06. The van der Waals surface area contributed by atoms with Crippen LogP contribution in [0.3, 0.4) is 0 Å². The summed E-state index contributed by atoms with van der Waals surface area (Å²) in [5.74, 6) is 0.916. The number of aryl methyl sites for hydroxylation is 2. The number of aromatic nitrogens is 2. The zero-order valence-electron chi connectivity index (χ0n) is 16.3. The summed E-state index contributed by atoms with van der Waals surface area (Å²) in [5.41, 5.74) is 4.58. The molecule has 6 heteroatoms. The highest BCUT2D eigenvalue weighted by atomic mass is 16.5. The standard InChI is InChI=1S/C22H24N4O2/c1-4-28-21(27)18-8-10-19(11-9-18)25-22-24-16(3)13-20(26-22)23-14-17-7-5-6-15(2)12-17/h5-13H,4,14H2,1-3H3,(H2,23,24,25,26). The molecule has 28 heavy (non-hydrogen) atoms. The van der Waals surface area contributed by atoms with E-state index in [1.807, 2.05) is 19.1 Å². The second-order valence-electron chi connectivity index (χ2n) is 6.48. The maximum Gasteiger partial charge on any atom is 0.338 e. The summed E-state index contributed by atoms with van der Waals surface area (Å²) < 4.78 is 5.00. The minimum Gasteiger partial charge on any atom is -0.462 e. The average molecular weight is 376 g/mol. The second kappa shape index (κ2) is 8.99. The first-order valence-corrected chi connectivity index (χ1v) is 9.23. The van der Waals surface area contributed by atoms with Gasteiger partial charge in [0.25, 0.3) is 0 Å². The van der Waals surface area contributed by atoms with E-state index in [1.54, 1.807) is 31.2 Å². The molecule has 0 atom stereocenters. The van der Waals surface area contributed by atoms with Crippen molar-refractivity contribution >= 4 is 23.4 Å². The van der Waals surface area contributed by atoms with Crippen molar-refractivity contribution in [1.82, 2.24) is 9.97 Å². The van der Waals surface area contributed by atoms with E-state index in [1.165, 1.54) is 11.1 Å². The van der Waals surface area contributed by atoms with Crippen LogP contribution in [0.15, 0.2) is 54.6 Å². The smallest absolute Gasteiger partial charge is 0.338 e. The number of ether oxygens (including phenoxy) is 1. The average Bonchev–Trinajstić information content (AvgIpc) is 2.67. The lowest BCUT2D eigenvalue weighted by Gasteiger charge is -2.11. The van der Waals surface area contributed by atoms with Crippen molar-refractivity contribution in [3.63, 3.8) is 0 Å². The van der Waals surface area contributed by atoms with E-state index in [0.29, 0.717) is 24.7 Å². The summed E-state index contributed by atoms with van der Waals surface area (Å²) in [5, 5.41) is 6.52. The van der Waals surface area contributed by atoms with Crippen LogP contribution in [0.2, 0.25) is 0 Å². The van der Waals surface area contributed by atoms with Gasteiger partial charge in [0.05, 0.1) is 12.2 Å². The third kappa shape index (κ3) is 5.30. The topological polar surface area (TPSA) is 76.1 Å². The quantitative estimate of drug-likeness (QED) is 0.586. The number of hydrogen-bond acceptors (Lipinski definition) is 6. The van der Waals surface area contributed by atoms with Crippen LogP contribution < -0.4 is 10.6 Å². The van der Waals surface area contributed by atoms with Crippen molar-refractivity contribution in [2.24, 2.45) is 0 Å². The SMILES string of the molecule is CCOC(=O)c1ccc(Nc2nc(C)cc(NCc3cccc(C)c3)n2)cc1. The van der Waals surface area contributed by atoms with Crippen LogP contribution in [0.25, 0.3) is 0 Å². The first-order valence-electron chi connectivity index (χ1n) is 9.23. The second-order valence-corrected chi connectivity index (χ2v) is 6.48. The molecule has 0 aliphatic carbocycles. The molecule has 144 valence electrons. The zero-order valence-corrected chi connectivity index (χ0v) is 16.3. The zero-order chi connectivity index (χ0) is 19.9. The molecule has 0 saturated carbocycles. The molecule has 3 aromatic rings. The molecule has 0 spiro atoms. The molecule has 0 unspecified atom stereocenters. The monoisotopic (exact) mass is 376 g/mol. The van der Waals surface area contributed by atoms with E-state index >= 15 is 0 Å². The lowest BCUT2D eigenvalue weighted by atomic mass is 10.1. The minimum atomic E-state index is -0.330. The largest absolute Gasteiger partial charge is 0.462 e. The Labute approximate surface area is 165 Å². The molecule has 2 aromatic carbocycles. The van der Waals surface area contributed by atoms with E-state index in [9.17, 15) is 4.79 Å². The van der Waals surface area contributed by atoms with Crippen LogP contribution in [-0.4, -0.2) is 22.5 Å². The van der Waals surface area contributed by atoms with Gasteiger partial charge in [0.1, 0.15) is 5.82 Å². The molecule has 0 saturated heterocycles. The van der Waals surface area contributed by atoms with Crippen LogP contribution in [-0.2, 0) is 11.3 Å². The van der Waals surface area contributed by atoms with Crippen molar-refractivity contribution in [1.29, 1.82) is 0 Å². The number of nitrogens with one attached hydrogen (secondary N) is 2. The number of carbonyl (C=O) groups excluding carboxylic acids is 1. The Balaban J connectivity index is 1.68. The van der Waals surface area contributed by atoms with Gasteiger partial charge in [-0.25, -0.2) is 9.78 Å². The summed E-state index contributed by atoms with van der Waals surface area (Å²) in [6.07, 6.45) is 0. The van der Waals surface area contributed by atoms with Gasteiger partial charge in [0.2, 0.25) is 5.95 Å². The molecule has 1 heterocycles. The molecule has 6 nitrogen and oxygen atoms in total. The third-order valence-corrected chi connectivity index (χ3v) is 4.06. The lowest BCUT2D eigenvalue weighted by molar-refractivity contribution is 0.0526. The minimum absolute atomic E-state index is 0.330. The lowest BCUT2D eigenvalue weighted by Crippen LogP contribution is -2.06. The van der Waals surface area contributed by atoms with Gasteiger partial charge in [0.15, 0.2) is 0 Å². The van der Waals surface area contributed by atoms with Crippen molar-refractivity contribution in [3.8, 4) is 0 Å². The molecule has 2 N–H and O–H groups in total. The summed E-state index contributed by atoms with van der Waals surface area (Å²) in [4.78, 5) is 20.7. The number of hydrogen-bond donors (Lipinski definition) is 2. The van der Waals surface area contributed by atoms with Crippen LogP contribution in [0.5, 0.6) is 0 Å². The van der Waals surface area contributed by atoms with Gasteiger partial charge in [-0.2, -0.15) is 4.98 Å². The Kier molecular flexibility index (Phi) is 6.22. The highest BCUT2D eigenvalue weighted by molar-refractivity contribution is 5.89. The Bertz CT molecular complexity index is 955. The number of carbonyl (C=O) groups is 1. The summed E-state index contributed by atoms with van der Waals surface area (Å²) in [6, 6.07) is 17.3. The molecule has 0 amide bonds. The molecule has 0 radical (unpaired) electrons. The normalized spacial score (nSPS) is 10.4. The first-order chi connectivity index (χ1) is 13.5. The number of esters is 1. The van der Waals surface area contributed by atoms with E-state index in [2.05, 4.69) is 45.7 Å². The van der Waals surface area contributed by atoms with Crippen LogP contribution in [0, 0.1) is 13.8 Å². The summed E-state index contributed by atoms with van der Waals surface area (Å²) in [7, 11) is 0. The van der Waals surface area contributed by atoms with Gasteiger partial charge in [-0.15, -0.1) is 0 Å². The number of anilines is 3. The van der Waals surface area contributed by atoms with E-state index in [-0.39, 0.29) is 5.97 Å². The molecule has 1 aromatic heterocycles. The van der Waals surface area contributed by atoms with Gasteiger partial charge in [-0.1, -0.05) is 29.8 Å². The van der Waals surface area contributed by atoms with Crippen molar-refractivity contribution in [2.45, 2.75) is 27.3 Å². The van der Waals surface area contributed by atoms with Gasteiger partial charge >= 0.3 is 5.97 Å². The van der Waals surface area contributed by atoms with E-state index in [4.69, 9.17) is 4.74 Å². The van der Waals surface area contributed by atoms with Crippen molar-refractivity contribution < 1.29 is 9.53 Å². The number of nitrogens with zero attached hydrogens (tertiary/aromatic N) is 2. The predicted molar refractivity (Wildman–Crippen MR) is 111 cm³/mol. The molecular weight excluding hydrogens is 352 g/mol. The van der Waals surface area contributed by atoms with Crippen LogP contribution in [0.4, 0.5) is 17.5 Å². The van der Waals surface area contributed by atoms with Crippen molar-refractivity contribution in [2.75, 3.05) is 17.2 Å². The first kappa shape index (κ1) is 19.4. The molecule has 0 aliphatic rings. The summed E-state index contributed by atoms with van der Waals surface area (Å²) in [6.45, 7) is 6.83. The fourth-order valence-electron chi connectivity index (χ4n) is 2.76. The van der Waals surface area contributed by atoms with Gasteiger partial charge in [-0.05, 0) is 50.6 Å². The molecular formula is C22H24N4O2. The Morgan fingerprint density at radius 1 is 1.04 bits per heavy atom.